The summed E-state index contributed by atoms with van der Waals surface area (Å²) in [6.45, 7) is 7.06. The summed E-state index contributed by atoms with van der Waals surface area (Å²) in [6.07, 6.45) is 1.83. The highest BCUT2D eigenvalue weighted by Gasteiger charge is 2.21. The van der Waals surface area contributed by atoms with Gasteiger partial charge in [-0.1, -0.05) is 0 Å². The summed E-state index contributed by atoms with van der Waals surface area (Å²) in [7, 11) is 1.66. The van der Waals surface area contributed by atoms with Crippen molar-refractivity contribution in [1.82, 2.24) is 4.98 Å². The largest absolute Gasteiger partial charge is 0.493 e. The fourth-order valence-corrected chi connectivity index (χ4v) is 1.95. The van der Waals surface area contributed by atoms with Crippen molar-refractivity contribution in [3.63, 3.8) is 0 Å². The molecule has 0 amide bonds. The first-order valence-electron chi connectivity index (χ1n) is 6.18. The molecule has 5 nitrogen and oxygen atoms in total. The van der Waals surface area contributed by atoms with Crippen LogP contribution in [0.1, 0.15) is 19.4 Å². The van der Waals surface area contributed by atoms with Gasteiger partial charge in [0.1, 0.15) is 0 Å². The molecule has 2 N–H and O–H groups in total. The first kappa shape index (κ1) is 13.1. The lowest BCUT2D eigenvalue weighted by atomic mass is 9.97. The lowest BCUT2D eigenvalue weighted by Gasteiger charge is -2.29. The van der Waals surface area contributed by atoms with E-state index < -0.39 is 5.54 Å². The van der Waals surface area contributed by atoms with Gasteiger partial charge in [0.25, 0.3) is 0 Å². The smallest absolute Gasteiger partial charge is 0.171 e. The predicted octanol–water partition coefficient (Wildman–Crippen LogP) is 1.12. The number of hydrogen-bond donors (Lipinski definition) is 1. The topological polar surface area (TPSA) is 60.6 Å². The van der Waals surface area contributed by atoms with Crippen LogP contribution in [0.15, 0.2) is 12.3 Å². The van der Waals surface area contributed by atoms with Crippen LogP contribution in [0.25, 0.3) is 0 Å². The predicted molar refractivity (Wildman–Crippen MR) is 71.0 cm³/mol. The Morgan fingerprint density at radius 1 is 1.39 bits per heavy atom. The van der Waals surface area contributed by atoms with Gasteiger partial charge in [0.15, 0.2) is 11.6 Å². The van der Waals surface area contributed by atoms with E-state index in [9.17, 15) is 0 Å². The van der Waals surface area contributed by atoms with E-state index in [1.54, 1.807) is 7.11 Å². The minimum Gasteiger partial charge on any atom is -0.493 e. The average Bonchev–Trinajstić information content (AvgIpc) is 2.38. The lowest BCUT2D eigenvalue weighted by Crippen LogP contribution is -2.37. The number of aromatic nitrogens is 1. The second kappa shape index (κ2) is 5.12. The van der Waals surface area contributed by atoms with Crippen LogP contribution in [0.5, 0.6) is 5.75 Å². The van der Waals surface area contributed by atoms with E-state index in [-0.39, 0.29) is 0 Å². The summed E-state index contributed by atoms with van der Waals surface area (Å²) < 4.78 is 10.8. The van der Waals surface area contributed by atoms with E-state index >= 15 is 0 Å². The molecule has 0 unspecified atom stereocenters. The normalized spacial score (nSPS) is 16.8. The van der Waals surface area contributed by atoms with Gasteiger partial charge in [-0.2, -0.15) is 0 Å². The van der Waals surface area contributed by atoms with Crippen LogP contribution in [-0.2, 0) is 10.3 Å². The third-order valence-electron chi connectivity index (χ3n) is 3.11. The van der Waals surface area contributed by atoms with Crippen LogP contribution in [0, 0.1) is 0 Å². The van der Waals surface area contributed by atoms with Gasteiger partial charge >= 0.3 is 0 Å². The number of methoxy groups -OCH3 is 1. The Hall–Kier alpha value is -1.33. The summed E-state index contributed by atoms with van der Waals surface area (Å²) >= 11 is 0. The standard InChI is InChI=1S/C13H21N3O2/c1-13(2,14)10-8-11(17-3)12(15-9-10)16-4-6-18-7-5-16/h8-9H,4-7,14H2,1-3H3. The van der Waals surface area contributed by atoms with Crippen molar-refractivity contribution < 1.29 is 9.47 Å². The number of hydrogen-bond acceptors (Lipinski definition) is 5. The number of morpholine rings is 1. The van der Waals surface area contributed by atoms with Crippen LogP contribution in [-0.4, -0.2) is 38.4 Å². The van der Waals surface area contributed by atoms with Crippen molar-refractivity contribution in [2.24, 2.45) is 5.73 Å². The zero-order valence-corrected chi connectivity index (χ0v) is 11.3. The van der Waals surface area contributed by atoms with Gasteiger partial charge in [-0.3, -0.25) is 0 Å². The Morgan fingerprint density at radius 3 is 2.61 bits per heavy atom. The monoisotopic (exact) mass is 251 g/mol. The highest BCUT2D eigenvalue weighted by molar-refractivity contribution is 5.54. The molecule has 1 saturated heterocycles. The third kappa shape index (κ3) is 2.73. The molecule has 1 aromatic heterocycles. The van der Waals surface area contributed by atoms with Gasteiger partial charge in [-0.25, -0.2) is 4.98 Å². The first-order valence-corrected chi connectivity index (χ1v) is 6.18. The van der Waals surface area contributed by atoms with Gasteiger partial charge in [0, 0.05) is 24.8 Å². The van der Waals surface area contributed by atoms with E-state index in [0.717, 1.165) is 43.4 Å². The van der Waals surface area contributed by atoms with Crippen molar-refractivity contribution >= 4 is 5.82 Å². The summed E-state index contributed by atoms with van der Waals surface area (Å²) in [6, 6.07) is 1.97. The Labute approximate surface area is 108 Å². The van der Waals surface area contributed by atoms with Gasteiger partial charge in [0.05, 0.1) is 20.3 Å². The summed E-state index contributed by atoms with van der Waals surface area (Å²) in [4.78, 5) is 6.68. The third-order valence-corrected chi connectivity index (χ3v) is 3.11. The number of rotatable bonds is 3. The van der Waals surface area contributed by atoms with E-state index in [2.05, 4.69) is 9.88 Å². The highest BCUT2D eigenvalue weighted by atomic mass is 16.5. The maximum absolute atomic E-state index is 6.08. The molecule has 5 heteroatoms. The average molecular weight is 251 g/mol. The number of nitrogens with two attached hydrogens (primary N) is 1. The second-order valence-corrected chi connectivity index (χ2v) is 5.07. The van der Waals surface area contributed by atoms with Crippen molar-refractivity contribution in [3.8, 4) is 5.75 Å². The summed E-state index contributed by atoms with van der Waals surface area (Å²) in [5.74, 6) is 1.64. The van der Waals surface area contributed by atoms with Gasteiger partial charge < -0.3 is 20.1 Å². The van der Waals surface area contributed by atoms with Crippen molar-refractivity contribution in [1.29, 1.82) is 0 Å². The molecular weight excluding hydrogens is 230 g/mol. The van der Waals surface area contributed by atoms with E-state index in [4.69, 9.17) is 15.2 Å². The molecule has 2 rings (SSSR count). The first-order chi connectivity index (χ1) is 8.52. The minimum absolute atomic E-state index is 0.413. The molecule has 0 aliphatic carbocycles. The fraction of sp³-hybridized carbons (Fsp3) is 0.615. The number of pyridine rings is 1. The van der Waals surface area contributed by atoms with Gasteiger partial charge in [0.2, 0.25) is 0 Å². The Balaban J connectivity index is 2.30. The molecule has 1 fully saturated rings. The Kier molecular flexibility index (Phi) is 3.73. The van der Waals surface area contributed by atoms with Crippen molar-refractivity contribution in [3.05, 3.63) is 17.8 Å². The molecule has 100 valence electrons. The maximum Gasteiger partial charge on any atom is 0.171 e. The number of anilines is 1. The zero-order chi connectivity index (χ0) is 13.2. The maximum atomic E-state index is 6.08. The molecule has 0 atom stereocenters. The second-order valence-electron chi connectivity index (χ2n) is 5.07. The lowest BCUT2D eigenvalue weighted by molar-refractivity contribution is 0.122. The number of nitrogens with zero attached hydrogens (tertiary/aromatic N) is 2. The Morgan fingerprint density at radius 2 is 2.06 bits per heavy atom. The molecule has 0 saturated carbocycles. The SMILES string of the molecule is COc1cc(C(C)(C)N)cnc1N1CCOCC1. The van der Waals surface area contributed by atoms with Crippen LogP contribution in [0.3, 0.4) is 0 Å². The zero-order valence-electron chi connectivity index (χ0n) is 11.3. The van der Waals surface area contributed by atoms with E-state index in [1.807, 2.05) is 26.1 Å². The van der Waals surface area contributed by atoms with E-state index in [1.165, 1.54) is 0 Å². The molecule has 1 aliphatic heterocycles. The summed E-state index contributed by atoms with van der Waals surface area (Å²) in [5.41, 5.74) is 6.64. The molecule has 0 bridgehead atoms. The molecule has 0 spiro atoms. The van der Waals surface area contributed by atoms with Crippen molar-refractivity contribution in [2.45, 2.75) is 19.4 Å². The minimum atomic E-state index is -0.413. The fourth-order valence-electron chi connectivity index (χ4n) is 1.95. The van der Waals surface area contributed by atoms with Crippen LogP contribution >= 0.6 is 0 Å². The van der Waals surface area contributed by atoms with Crippen LogP contribution < -0.4 is 15.4 Å². The van der Waals surface area contributed by atoms with Crippen LogP contribution in [0.2, 0.25) is 0 Å². The summed E-state index contributed by atoms with van der Waals surface area (Å²) in [5, 5.41) is 0. The molecule has 2 heterocycles. The van der Waals surface area contributed by atoms with E-state index in [0.29, 0.717) is 0 Å². The molecule has 1 aliphatic rings. The van der Waals surface area contributed by atoms with Gasteiger partial charge in [-0.05, 0) is 25.5 Å². The molecule has 0 radical (unpaired) electrons. The number of ether oxygens (including phenoxy) is 2. The highest BCUT2D eigenvalue weighted by Crippen LogP contribution is 2.30. The quantitative estimate of drug-likeness (QED) is 0.872. The molecule has 18 heavy (non-hydrogen) atoms. The van der Waals surface area contributed by atoms with Crippen molar-refractivity contribution in [2.75, 3.05) is 38.3 Å². The molecular formula is C13H21N3O2. The van der Waals surface area contributed by atoms with Gasteiger partial charge in [-0.15, -0.1) is 0 Å². The molecule has 0 aromatic carbocycles. The Bertz CT molecular complexity index is 409. The van der Waals surface area contributed by atoms with Crippen LogP contribution in [0.4, 0.5) is 5.82 Å². The molecule has 1 aromatic rings.